The van der Waals surface area contributed by atoms with E-state index in [0.29, 0.717) is 6.07 Å². The van der Waals surface area contributed by atoms with E-state index in [1.165, 1.54) is 6.07 Å². The Kier molecular flexibility index (Phi) is 5.38. The summed E-state index contributed by atoms with van der Waals surface area (Å²) in [5.41, 5.74) is -1.24. The summed E-state index contributed by atoms with van der Waals surface area (Å²) in [5.74, 6) is -1.43. The van der Waals surface area contributed by atoms with Crippen molar-refractivity contribution in [2.75, 3.05) is 11.9 Å². The van der Waals surface area contributed by atoms with Crippen molar-refractivity contribution in [1.82, 2.24) is 0 Å². The van der Waals surface area contributed by atoms with E-state index in [0.717, 1.165) is 12.5 Å². The van der Waals surface area contributed by atoms with Crippen LogP contribution < -0.4 is 5.32 Å². The highest BCUT2D eigenvalue weighted by Crippen LogP contribution is 2.37. The Hall–Kier alpha value is -1.76. The third-order valence-corrected chi connectivity index (χ3v) is 2.66. The lowest BCUT2D eigenvalue weighted by atomic mass is 10.1. The first-order chi connectivity index (χ1) is 9.24. The number of carbonyl (C=O) groups excluding carboxylic acids is 1. The summed E-state index contributed by atoms with van der Waals surface area (Å²) in [4.78, 5) is 11.5. The van der Waals surface area contributed by atoms with Crippen LogP contribution in [0.3, 0.4) is 0 Å². The maximum absolute atomic E-state index is 12.6. The van der Waals surface area contributed by atoms with Crippen LogP contribution in [0.15, 0.2) is 18.2 Å². The zero-order chi connectivity index (χ0) is 15.3. The normalized spacial score (nSPS) is 13.1. The Balaban J connectivity index is 2.71. The standard InChI is InChI=1S/C13H16F3NO3/c1-3-8(2)20-7-12(19)17-9-4-5-11(18)10(6-9)13(14,15)16/h4-6,8,18H,3,7H2,1-2H3,(H,17,19)/t8-/m0/s1. The van der Waals surface area contributed by atoms with E-state index in [-0.39, 0.29) is 18.4 Å². The molecule has 1 aromatic rings. The first-order valence-electron chi connectivity index (χ1n) is 6.05. The van der Waals surface area contributed by atoms with Crippen LogP contribution >= 0.6 is 0 Å². The average molecular weight is 291 g/mol. The molecule has 4 nitrogen and oxygen atoms in total. The molecule has 1 aromatic carbocycles. The maximum Gasteiger partial charge on any atom is 0.420 e. The number of ether oxygens (including phenoxy) is 1. The molecule has 1 atom stereocenters. The molecule has 0 spiro atoms. The van der Waals surface area contributed by atoms with Crippen LogP contribution in [0, 0.1) is 0 Å². The second-order valence-electron chi connectivity index (χ2n) is 4.31. The van der Waals surface area contributed by atoms with Gasteiger partial charge < -0.3 is 15.2 Å². The van der Waals surface area contributed by atoms with Crippen LogP contribution in [0.1, 0.15) is 25.8 Å². The van der Waals surface area contributed by atoms with E-state index >= 15 is 0 Å². The van der Waals surface area contributed by atoms with Crippen LogP contribution in [0.25, 0.3) is 0 Å². The highest BCUT2D eigenvalue weighted by atomic mass is 19.4. The number of anilines is 1. The molecule has 0 unspecified atom stereocenters. The molecule has 0 bridgehead atoms. The topological polar surface area (TPSA) is 58.6 Å². The van der Waals surface area contributed by atoms with E-state index in [1.54, 1.807) is 6.92 Å². The molecule has 0 saturated heterocycles. The van der Waals surface area contributed by atoms with Crippen molar-refractivity contribution < 1.29 is 27.8 Å². The zero-order valence-electron chi connectivity index (χ0n) is 11.1. The number of halogens is 3. The van der Waals surface area contributed by atoms with Gasteiger partial charge >= 0.3 is 6.18 Å². The summed E-state index contributed by atoms with van der Waals surface area (Å²) in [6.07, 6.45) is -4.06. The van der Waals surface area contributed by atoms with Crippen molar-refractivity contribution in [2.45, 2.75) is 32.5 Å². The molecule has 0 aliphatic carbocycles. The van der Waals surface area contributed by atoms with Gasteiger partial charge in [0.2, 0.25) is 5.91 Å². The van der Waals surface area contributed by atoms with Crippen LogP contribution in [-0.4, -0.2) is 23.7 Å². The smallest absolute Gasteiger partial charge is 0.420 e. The van der Waals surface area contributed by atoms with E-state index in [9.17, 15) is 18.0 Å². The molecule has 20 heavy (non-hydrogen) atoms. The number of hydrogen-bond donors (Lipinski definition) is 2. The Labute approximate surface area is 114 Å². The first-order valence-corrected chi connectivity index (χ1v) is 6.05. The number of carbonyl (C=O) groups is 1. The van der Waals surface area contributed by atoms with Gasteiger partial charge in [0.1, 0.15) is 12.4 Å². The van der Waals surface area contributed by atoms with E-state index in [1.807, 2.05) is 6.92 Å². The van der Waals surface area contributed by atoms with Crippen molar-refractivity contribution >= 4 is 11.6 Å². The lowest BCUT2D eigenvalue weighted by Gasteiger charge is -2.13. The fourth-order valence-corrected chi connectivity index (χ4v) is 1.37. The molecule has 0 heterocycles. The van der Waals surface area contributed by atoms with Crippen molar-refractivity contribution in [3.63, 3.8) is 0 Å². The van der Waals surface area contributed by atoms with Gasteiger partial charge in [-0.05, 0) is 31.5 Å². The number of phenolic OH excluding ortho intramolecular Hbond substituents is 1. The third kappa shape index (κ3) is 4.73. The van der Waals surface area contributed by atoms with E-state index < -0.39 is 23.4 Å². The third-order valence-electron chi connectivity index (χ3n) is 2.66. The predicted octanol–water partition coefficient (Wildman–Crippen LogP) is 3.16. The average Bonchev–Trinajstić information content (AvgIpc) is 2.37. The van der Waals surface area contributed by atoms with Gasteiger partial charge in [0, 0.05) is 5.69 Å². The van der Waals surface area contributed by atoms with Gasteiger partial charge in [-0.1, -0.05) is 6.92 Å². The second-order valence-corrected chi connectivity index (χ2v) is 4.31. The molecule has 1 amide bonds. The van der Waals surface area contributed by atoms with Crippen LogP contribution in [0.4, 0.5) is 18.9 Å². The van der Waals surface area contributed by atoms with Gasteiger partial charge in [-0.25, -0.2) is 0 Å². The summed E-state index contributed by atoms with van der Waals surface area (Å²) >= 11 is 0. The number of nitrogens with one attached hydrogen (secondary N) is 1. The van der Waals surface area contributed by atoms with Crippen LogP contribution in [0.2, 0.25) is 0 Å². The summed E-state index contributed by atoms with van der Waals surface area (Å²) in [7, 11) is 0. The molecule has 7 heteroatoms. The predicted molar refractivity (Wildman–Crippen MR) is 67.4 cm³/mol. The minimum Gasteiger partial charge on any atom is -0.507 e. The maximum atomic E-state index is 12.6. The van der Waals surface area contributed by atoms with Gasteiger partial charge in [0.05, 0.1) is 11.7 Å². The molecule has 0 aliphatic rings. The lowest BCUT2D eigenvalue weighted by molar-refractivity contribution is -0.138. The Bertz CT molecular complexity index is 474. The molecule has 0 aromatic heterocycles. The molecule has 0 aliphatic heterocycles. The largest absolute Gasteiger partial charge is 0.507 e. The number of rotatable bonds is 5. The fraction of sp³-hybridized carbons (Fsp3) is 0.462. The monoisotopic (exact) mass is 291 g/mol. The summed E-state index contributed by atoms with van der Waals surface area (Å²) in [6.45, 7) is 3.44. The number of aromatic hydroxyl groups is 1. The van der Waals surface area contributed by atoms with Crippen LogP contribution in [0.5, 0.6) is 5.75 Å². The second kappa shape index (κ2) is 6.60. The fourth-order valence-electron chi connectivity index (χ4n) is 1.37. The van der Waals surface area contributed by atoms with Crippen molar-refractivity contribution in [3.8, 4) is 5.75 Å². The van der Waals surface area contributed by atoms with Gasteiger partial charge in [-0.3, -0.25) is 4.79 Å². The van der Waals surface area contributed by atoms with Crippen molar-refractivity contribution in [1.29, 1.82) is 0 Å². The first kappa shape index (κ1) is 16.3. The number of benzene rings is 1. The number of amides is 1. The Morgan fingerprint density at radius 3 is 2.65 bits per heavy atom. The van der Waals surface area contributed by atoms with Gasteiger partial charge in [0.15, 0.2) is 0 Å². The summed E-state index contributed by atoms with van der Waals surface area (Å²) < 4.78 is 42.9. The highest BCUT2D eigenvalue weighted by Gasteiger charge is 2.34. The molecular weight excluding hydrogens is 275 g/mol. The highest BCUT2D eigenvalue weighted by molar-refractivity contribution is 5.91. The Morgan fingerprint density at radius 2 is 2.10 bits per heavy atom. The summed E-state index contributed by atoms with van der Waals surface area (Å²) in [6, 6.07) is 2.75. The zero-order valence-corrected chi connectivity index (χ0v) is 11.1. The molecule has 1 rings (SSSR count). The van der Waals surface area contributed by atoms with E-state index in [4.69, 9.17) is 9.84 Å². The SMILES string of the molecule is CC[C@H](C)OCC(=O)Nc1ccc(O)c(C(F)(F)F)c1. The Morgan fingerprint density at radius 1 is 1.45 bits per heavy atom. The van der Waals surface area contributed by atoms with Gasteiger partial charge in [0.25, 0.3) is 0 Å². The molecule has 0 fully saturated rings. The van der Waals surface area contributed by atoms with Crippen molar-refractivity contribution in [2.24, 2.45) is 0 Å². The van der Waals surface area contributed by atoms with Gasteiger partial charge in [-0.15, -0.1) is 0 Å². The van der Waals surface area contributed by atoms with Crippen LogP contribution in [-0.2, 0) is 15.7 Å². The molecule has 112 valence electrons. The van der Waals surface area contributed by atoms with Gasteiger partial charge in [-0.2, -0.15) is 13.2 Å². The number of alkyl halides is 3. The molecular formula is C13H16F3NO3. The quantitative estimate of drug-likeness (QED) is 0.819. The van der Waals surface area contributed by atoms with Crippen molar-refractivity contribution in [3.05, 3.63) is 23.8 Å². The number of hydrogen-bond acceptors (Lipinski definition) is 3. The molecule has 2 N–H and O–H groups in total. The van der Waals surface area contributed by atoms with E-state index in [2.05, 4.69) is 5.32 Å². The molecule has 0 saturated carbocycles. The lowest BCUT2D eigenvalue weighted by Crippen LogP contribution is -2.21. The minimum atomic E-state index is -4.68. The minimum absolute atomic E-state index is 0.0483. The molecule has 0 radical (unpaired) electrons. The number of phenols is 1. The summed E-state index contributed by atoms with van der Waals surface area (Å²) in [5, 5.41) is 11.4.